The van der Waals surface area contributed by atoms with Gasteiger partial charge in [-0.25, -0.2) is 16.9 Å². The molecule has 2 atom stereocenters. The van der Waals surface area contributed by atoms with Gasteiger partial charge in [0, 0.05) is 11.6 Å². The molecule has 1 heterocycles. The smallest absolute Gasteiger partial charge is 0.204 e. The van der Waals surface area contributed by atoms with E-state index in [1.54, 1.807) is 65.8 Å². The maximum atomic E-state index is 13.6. The second-order valence-electron chi connectivity index (χ2n) is 7.55. The summed E-state index contributed by atoms with van der Waals surface area (Å²) in [5.74, 6) is 0. The highest BCUT2D eigenvalue weighted by molar-refractivity contribution is 7.95. The van der Waals surface area contributed by atoms with Gasteiger partial charge in [-0.3, -0.25) is 0 Å². The molecule has 3 aromatic rings. The van der Waals surface area contributed by atoms with Gasteiger partial charge in [-0.2, -0.15) is 0 Å². The van der Waals surface area contributed by atoms with Gasteiger partial charge < -0.3 is 0 Å². The quantitative estimate of drug-likeness (QED) is 0.495. The molecule has 0 aromatic heterocycles. The first-order valence-corrected chi connectivity index (χ1v) is 12.8. The van der Waals surface area contributed by atoms with E-state index in [-0.39, 0.29) is 16.3 Å². The van der Waals surface area contributed by atoms with Crippen LogP contribution < -0.4 is 0 Å². The minimum atomic E-state index is -3.78. The van der Waals surface area contributed by atoms with E-state index in [9.17, 15) is 12.6 Å². The third-order valence-corrected chi connectivity index (χ3v) is 9.05. The molecule has 0 aliphatic carbocycles. The number of hydrogen-bond donors (Lipinski definition) is 0. The second-order valence-corrected chi connectivity index (χ2v) is 11.3. The van der Waals surface area contributed by atoms with Crippen LogP contribution in [-0.2, 0) is 20.8 Å². The van der Waals surface area contributed by atoms with Crippen LogP contribution in [0.15, 0.2) is 99.1 Å². The Hall–Kier alpha value is -2.25. The van der Waals surface area contributed by atoms with Crippen molar-refractivity contribution in [3.05, 3.63) is 105 Å². The van der Waals surface area contributed by atoms with Crippen LogP contribution in [0.2, 0.25) is 5.02 Å². The molecule has 3 aromatic carbocycles. The summed E-state index contributed by atoms with van der Waals surface area (Å²) in [6.45, 7) is 4.05. The summed E-state index contributed by atoms with van der Waals surface area (Å²) in [5.41, 5.74) is 2.48. The lowest BCUT2D eigenvalue weighted by molar-refractivity contribution is 0.446. The van der Waals surface area contributed by atoms with Crippen LogP contribution in [0.3, 0.4) is 0 Å². The second kappa shape index (κ2) is 8.71. The Morgan fingerprint density at radius 1 is 0.903 bits per heavy atom. The minimum Gasteiger partial charge on any atom is -0.237 e. The van der Waals surface area contributed by atoms with E-state index in [0.29, 0.717) is 15.5 Å². The number of benzene rings is 3. The molecule has 0 N–H and O–H groups in total. The average Bonchev–Trinajstić information content (AvgIpc) is 3.13. The highest BCUT2D eigenvalue weighted by Crippen LogP contribution is 2.44. The molecule has 1 aliphatic rings. The predicted octanol–water partition coefficient (Wildman–Crippen LogP) is 5.48. The molecule has 0 saturated carbocycles. The number of rotatable bonds is 5. The van der Waals surface area contributed by atoms with Gasteiger partial charge in [0.05, 0.1) is 20.7 Å². The molecule has 4 rings (SSSR count). The summed E-state index contributed by atoms with van der Waals surface area (Å²) in [4.78, 5) is 1.14. The number of sulfone groups is 1. The Labute approximate surface area is 190 Å². The van der Waals surface area contributed by atoms with E-state index in [1.807, 2.05) is 31.2 Å². The first-order chi connectivity index (χ1) is 14.8. The van der Waals surface area contributed by atoms with Crippen molar-refractivity contribution in [3.8, 4) is 0 Å². The SMILES string of the molecule is CC1=C(S(=O)(=O)c2ccccc2)[C@H](c2ccc(Cl)cc2)N(S(=O)c2ccc(C)cc2)C1. The number of halogens is 1. The standard InChI is InChI=1S/C24H22ClNO3S2/c1-17-8-14-21(15-9-17)30(27)26-16-18(2)24(23(26)19-10-12-20(25)13-11-19)31(28,29)22-6-4-3-5-7-22/h3-15,23H,16H2,1-2H3/t23-,30?/m0/s1. The molecule has 0 radical (unpaired) electrons. The van der Waals surface area contributed by atoms with Gasteiger partial charge in [0.1, 0.15) is 11.0 Å². The van der Waals surface area contributed by atoms with Crippen LogP contribution in [0.5, 0.6) is 0 Å². The summed E-state index contributed by atoms with van der Waals surface area (Å²) < 4.78 is 42.6. The van der Waals surface area contributed by atoms with E-state index in [2.05, 4.69) is 0 Å². The fourth-order valence-electron chi connectivity index (χ4n) is 3.78. The fraction of sp³-hybridized carbons (Fsp3) is 0.167. The molecular weight excluding hydrogens is 450 g/mol. The van der Waals surface area contributed by atoms with Crippen molar-refractivity contribution in [2.45, 2.75) is 29.7 Å². The van der Waals surface area contributed by atoms with E-state index >= 15 is 0 Å². The molecule has 160 valence electrons. The molecular formula is C24H22ClNO3S2. The van der Waals surface area contributed by atoms with Gasteiger partial charge >= 0.3 is 0 Å². The Morgan fingerprint density at radius 2 is 1.52 bits per heavy atom. The van der Waals surface area contributed by atoms with Gasteiger partial charge in [0.15, 0.2) is 0 Å². The van der Waals surface area contributed by atoms with E-state index in [4.69, 9.17) is 11.6 Å². The van der Waals surface area contributed by atoms with Crippen LogP contribution in [0.25, 0.3) is 0 Å². The van der Waals surface area contributed by atoms with Gasteiger partial charge in [0.25, 0.3) is 0 Å². The van der Waals surface area contributed by atoms with E-state index in [1.165, 1.54) is 0 Å². The van der Waals surface area contributed by atoms with Crippen molar-refractivity contribution in [2.24, 2.45) is 0 Å². The monoisotopic (exact) mass is 471 g/mol. The van der Waals surface area contributed by atoms with Gasteiger partial charge in [-0.1, -0.05) is 59.6 Å². The topological polar surface area (TPSA) is 54.5 Å². The van der Waals surface area contributed by atoms with Gasteiger partial charge in [-0.05, 0) is 61.4 Å². The molecule has 7 heteroatoms. The molecule has 0 amide bonds. The lowest BCUT2D eigenvalue weighted by Crippen LogP contribution is -2.29. The maximum Gasteiger partial charge on any atom is 0.204 e. The molecule has 0 bridgehead atoms. The number of nitrogens with zero attached hydrogens (tertiary/aromatic N) is 1. The van der Waals surface area contributed by atoms with Crippen LogP contribution in [-0.4, -0.2) is 23.5 Å². The first kappa shape index (κ1) is 22.0. The third kappa shape index (κ3) is 4.26. The summed E-state index contributed by atoms with van der Waals surface area (Å²) in [6, 6.07) is 22.2. The molecule has 4 nitrogen and oxygen atoms in total. The molecule has 31 heavy (non-hydrogen) atoms. The zero-order valence-electron chi connectivity index (χ0n) is 17.2. The highest BCUT2D eigenvalue weighted by Gasteiger charge is 2.42. The highest BCUT2D eigenvalue weighted by atomic mass is 35.5. The van der Waals surface area contributed by atoms with E-state index < -0.39 is 26.9 Å². The lowest BCUT2D eigenvalue weighted by Gasteiger charge is -2.26. The third-order valence-electron chi connectivity index (χ3n) is 5.31. The Morgan fingerprint density at radius 3 is 2.13 bits per heavy atom. The molecule has 1 unspecified atom stereocenters. The van der Waals surface area contributed by atoms with Crippen LogP contribution in [0, 0.1) is 6.92 Å². The predicted molar refractivity (Wildman–Crippen MR) is 125 cm³/mol. The summed E-state index contributed by atoms with van der Waals surface area (Å²) >= 11 is 6.07. The number of aryl methyl sites for hydroxylation is 1. The van der Waals surface area contributed by atoms with Crippen LogP contribution in [0.4, 0.5) is 0 Å². The molecule has 0 fully saturated rings. The van der Waals surface area contributed by atoms with Crippen LogP contribution in [0.1, 0.15) is 24.1 Å². The largest absolute Gasteiger partial charge is 0.237 e. The van der Waals surface area contributed by atoms with Crippen molar-refractivity contribution in [1.82, 2.24) is 4.31 Å². The lowest BCUT2D eigenvalue weighted by atomic mass is 10.1. The average molecular weight is 472 g/mol. The Bertz CT molecular complexity index is 1250. The fourth-order valence-corrected chi connectivity index (χ4v) is 7.19. The van der Waals surface area contributed by atoms with Crippen LogP contribution >= 0.6 is 11.6 Å². The summed E-state index contributed by atoms with van der Waals surface area (Å²) in [5, 5.41) is 0.557. The van der Waals surface area contributed by atoms with Crippen molar-refractivity contribution in [1.29, 1.82) is 0 Å². The summed E-state index contributed by atoms with van der Waals surface area (Å²) in [6.07, 6.45) is 0. The molecule has 1 aliphatic heterocycles. The van der Waals surface area contributed by atoms with Crippen molar-refractivity contribution >= 4 is 32.4 Å². The molecule has 0 spiro atoms. The first-order valence-electron chi connectivity index (χ1n) is 9.79. The zero-order valence-corrected chi connectivity index (χ0v) is 19.5. The maximum absolute atomic E-state index is 13.6. The van der Waals surface area contributed by atoms with Gasteiger partial charge in [-0.15, -0.1) is 0 Å². The van der Waals surface area contributed by atoms with Crippen molar-refractivity contribution in [2.75, 3.05) is 6.54 Å². The molecule has 0 saturated heterocycles. The minimum absolute atomic E-state index is 0.228. The van der Waals surface area contributed by atoms with E-state index in [0.717, 1.165) is 11.1 Å². The van der Waals surface area contributed by atoms with Crippen molar-refractivity contribution in [3.63, 3.8) is 0 Å². The van der Waals surface area contributed by atoms with Crippen molar-refractivity contribution < 1.29 is 12.6 Å². The Balaban J connectivity index is 1.84. The Kier molecular flexibility index (Phi) is 6.17. The zero-order chi connectivity index (χ0) is 22.2. The summed E-state index contributed by atoms with van der Waals surface area (Å²) in [7, 11) is -5.32. The number of hydrogen-bond acceptors (Lipinski definition) is 3. The normalized spacial score (nSPS) is 18.4. The van der Waals surface area contributed by atoms with Gasteiger partial charge in [0.2, 0.25) is 9.84 Å².